The van der Waals surface area contributed by atoms with Crippen LogP contribution in [0.4, 0.5) is 24.7 Å². The summed E-state index contributed by atoms with van der Waals surface area (Å²) >= 11 is 0. The van der Waals surface area contributed by atoms with Crippen LogP contribution < -0.4 is 10.2 Å². The van der Waals surface area contributed by atoms with Gasteiger partial charge in [-0.15, -0.1) is 0 Å². The van der Waals surface area contributed by atoms with Gasteiger partial charge in [0.05, 0.1) is 24.0 Å². The lowest BCUT2D eigenvalue weighted by molar-refractivity contribution is -0.138. The molecule has 0 fully saturated rings. The van der Waals surface area contributed by atoms with Crippen LogP contribution in [0.1, 0.15) is 35.1 Å². The molecule has 1 N–H and O–H groups in total. The summed E-state index contributed by atoms with van der Waals surface area (Å²) in [5.74, 6) is 1.21. The summed E-state index contributed by atoms with van der Waals surface area (Å²) in [5, 5.41) is 7.07. The average molecular weight is 444 g/mol. The number of alkyl halides is 3. The molecule has 2 aromatic heterocycles. The number of nitrogens with zero attached hydrogens (tertiary/aromatic N) is 5. The molecule has 0 aliphatic carbocycles. The summed E-state index contributed by atoms with van der Waals surface area (Å²) in [4.78, 5) is 23.0. The number of aromatic nitrogens is 4. The molecule has 32 heavy (non-hydrogen) atoms. The number of nitrogens with one attached hydrogen (secondary N) is 1. The number of fused-ring (bicyclic) bond motifs is 1. The Bertz CT molecular complexity index is 1160. The zero-order chi connectivity index (χ0) is 23.0. The highest BCUT2D eigenvalue weighted by Crippen LogP contribution is 2.33. The van der Waals surface area contributed by atoms with Gasteiger partial charge in [-0.2, -0.15) is 18.3 Å². The predicted molar refractivity (Wildman–Crippen MR) is 113 cm³/mol. The molecule has 1 amide bonds. The van der Waals surface area contributed by atoms with Crippen molar-refractivity contribution in [2.75, 3.05) is 17.3 Å². The van der Waals surface area contributed by atoms with Crippen molar-refractivity contribution in [3.63, 3.8) is 0 Å². The van der Waals surface area contributed by atoms with E-state index in [4.69, 9.17) is 0 Å². The number of carbonyl (C=O) groups is 1. The van der Waals surface area contributed by atoms with E-state index in [1.54, 1.807) is 25.4 Å². The normalized spacial score (nSPS) is 16.1. The largest absolute Gasteiger partial charge is 0.416 e. The second-order valence-electron chi connectivity index (χ2n) is 7.90. The fraction of sp³-hybridized carbons (Fsp3) is 0.364. The number of aryl methyl sites for hydroxylation is 3. The molecule has 0 bridgehead atoms. The minimum Gasteiger partial charge on any atom is -0.346 e. The average Bonchev–Trinajstić information content (AvgIpc) is 3.18. The minimum atomic E-state index is -4.40. The summed E-state index contributed by atoms with van der Waals surface area (Å²) < 4.78 is 41.2. The second-order valence-corrected chi connectivity index (χ2v) is 7.90. The van der Waals surface area contributed by atoms with Gasteiger partial charge in [-0.1, -0.05) is 18.2 Å². The van der Waals surface area contributed by atoms with Gasteiger partial charge in [-0.3, -0.25) is 9.48 Å². The lowest BCUT2D eigenvalue weighted by atomic mass is 10.1. The zero-order valence-corrected chi connectivity index (χ0v) is 17.9. The molecule has 0 unspecified atom stereocenters. The lowest BCUT2D eigenvalue weighted by Gasteiger charge is -2.32. The van der Waals surface area contributed by atoms with E-state index in [1.807, 2.05) is 18.9 Å². The molecular formula is C22H23F3N6O. The molecule has 0 saturated carbocycles. The Balaban J connectivity index is 1.47. The standard InChI is InChI=1S/C22H23F3N6O/c1-13-19-20(30(3)14(2)21(32)29-19)28-18(27-13)9-8-15-10-26-31(11-15)12-16-6-4-5-7-17(16)22(23,24)25/h4-7,10-11,14H,8-9,12H2,1-3H3,(H,29,32)/t14-/m0/s1. The molecule has 0 saturated heterocycles. The molecule has 4 rings (SSSR count). The van der Waals surface area contributed by atoms with Crippen molar-refractivity contribution < 1.29 is 18.0 Å². The van der Waals surface area contributed by atoms with Gasteiger partial charge in [0, 0.05) is 19.7 Å². The van der Waals surface area contributed by atoms with Crippen LogP contribution in [0, 0.1) is 6.92 Å². The maximum absolute atomic E-state index is 13.2. The van der Waals surface area contributed by atoms with E-state index in [1.165, 1.54) is 16.8 Å². The summed E-state index contributed by atoms with van der Waals surface area (Å²) in [6.07, 6.45) is 0.112. The molecule has 1 aliphatic rings. The maximum atomic E-state index is 13.2. The Kier molecular flexibility index (Phi) is 5.62. The first-order valence-corrected chi connectivity index (χ1v) is 10.2. The SMILES string of the molecule is Cc1nc(CCc2cnn(Cc3ccccc3C(F)(F)F)c2)nc2c1NC(=O)[C@H](C)N2C. The third kappa shape index (κ3) is 4.30. The molecule has 7 nitrogen and oxygen atoms in total. The van der Waals surface area contributed by atoms with Crippen molar-refractivity contribution in [1.82, 2.24) is 19.7 Å². The van der Waals surface area contributed by atoms with Crippen molar-refractivity contribution in [3.05, 3.63) is 64.9 Å². The molecule has 0 radical (unpaired) electrons. The Labute approximate surface area is 183 Å². The molecule has 3 heterocycles. The highest BCUT2D eigenvalue weighted by atomic mass is 19.4. The molecule has 10 heteroatoms. The highest BCUT2D eigenvalue weighted by molar-refractivity contribution is 6.02. The second kappa shape index (κ2) is 8.25. The number of halogens is 3. The number of amides is 1. The van der Waals surface area contributed by atoms with E-state index in [0.717, 1.165) is 11.6 Å². The monoisotopic (exact) mass is 444 g/mol. The van der Waals surface area contributed by atoms with Crippen molar-refractivity contribution in [2.24, 2.45) is 0 Å². The fourth-order valence-electron chi connectivity index (χ4n) is 3.70. The van der Waals surface area contributed by atoms with Gasteiger partial charge in [-0.25, -0.2) is 9.97 Å². The summed E-state index contributed by atoms with van der Waals surface area (Å²) in [5.41, 5.74) is 1.71. The van der Waals surface area contributed by atoms with Crippen molar-refractivity contribution in [3.8, 4) is 0 Å². The Morgan fingerprint density at radius 1 is 1.16 bits per heavy atom. The summed E-state index contributed by atoms with van der Waals surface area (Å²) in [6.45, 7) is 3.66. The lowest BCUT2D eigenvalue weighted by Crippen LogP contribution is -2.45. The zero-order valence-electron chi connectivity index (χ0n) is 17.9. The quantitative estimate of drug-likeness (QED) is 0.651. The number of carbonyl (C=O) groups excluding carboxylic acids is 1. The Hall–Kier alpha value is -3.43. The highest BCUT2D eigenvalue weighted by Gasteiger charge is 2.33. The third-order valence-corrected chi connectivity index (χ3v) is 5.64. The van der Waals surface area contributed by atoms with Crippen LogP contribution in [0.15, 0.2) is 36.7 Å². The first-order valence-electron chi connectivity index (χ1n) is 10.2. The Morgan fingerprint density at radius 2 is 1.91 bits per heavy atom. The van der Waals surface area contributed by atoms with E-state index in [2.05, 4.69) is 20.4 Å². The molecule has 3 aromatic rings. The maximum Gasteiger partial charge on any atom is 0.416 e. The van der Waals surface area contributed by atoms with Crippen LogP contribution in [0.3, 0.4) is 0 Å². The van der Waals surface area contributed by atoms with E-state index in [-0.39, 0.29) is 24.1 Å². The third-order valence-electron chi connectivity index (χ3n) is 5.64. The van der Waals surface area contributed by atoms with Gasteiger partial charge in [0.25, 0.3) is 0 Å². The summed E-state index contributed by atoms with van der Waals surface area (Å²) in [6, 6.07) is 5.18. The van der Waals surface area contributed by atoms with Crippen LogP contribution >= 0.6 is 0 Å². The van der Waals surface area contributed by atoms with Crippen LogP contribution in [-0.4, -0.2) is 38.7 Å². The van der Waals surface area contributed by atoms with Gasteiger partial charge in [0.1, 0.15) is 17.6 Å². The van der Waals surface area contributed by atoms with E-state index >= 15 is 0 Å². The van der Waals surface area contributed by atoms with Gasteiger partial charge in [0.2, 0.25) is 5.91 Å². The van der Waals surface area contributed by atoms with Crippen molar-refractivity contribution >= 4 is 17.4 Å². The van der Waals surface area contributed by atoms with Gasteiger partial charge in [0.15, 0.2) is 5.82 Å². The minimum absolute atomic E-state index is 0.0342. The molecule has 1 atom stereocenters. The molecule has 168 valence electrons. The number of anilines is 2. The number of hydrogen-bond donors (Lipinski definition) is 1. The van der Waals surface area contributed by atoms with Gasteiger partial charge >= 0.3 is 6.18 Å². The summed E-state index contributed by atoms with van der Waals surface area (Å²) in [7, 11) is 1.82. The fourth-order valence-corrected chi connectivity index (χ4v) is 3.70. The topological polar surface area (TPSA) is 75.9 Å². The van der Waals surface area contributed by atoms with E-state index < -0.39 is 11.7 Å². The molecule has 1 aromatic carbocycles. The predicted octanol–water partition coefficient (Wildman–Crippen LogP) is 3.61. The van der Waals surface area contributed by atoms with E-state index in [9.17, 15) is 18.0 Å². The molecule has 1 aliphatic heterocycles. The first-order chi connectivity index (χ1) is 15.1. The van der Waals surface area contributed by atoms with Crippen LogP contribution in [-0.2, 0) is 30.4 Å². The van der Waals surface area contributed by atoms with Gasteiger partial charge < -0.3 is 10.2 Å². The first kappa shape index (κ1) is 21.8. The molecule has 0 spiro atoms. The van der Waals surface area contributed by atoms with Crippen LogP contribution in [0.25, 0.3) is 0 Å². The Morgan fingerprint density at radius 3 is 2.66 bits per heavy atom. The van der Waals surface area contributed by atoms with Crippen LogP contribution in [0.5, 0.6) is 0 Å². The van der Waals surface area contributed by atoms with Crippen molar-refractivity contribution in [2.45, 2.75) is 45.5 Å². The number of likely N-dealkylation sites (N-methyl/N-ethyl adjacent to an activating group) is 1. The number of rotatable bonds is 5. The number of benzene rings is 1. The van der Waals surface area contributed by atoms with Crippen molar-refractivity contribution in [1.29, 1.82) is 0 Å². The van der Waals surface area contributed by atoms with Gasteiger partial charge in [-0.05, 0) is 37.5 Å². The smallest absolute Gasteiger partial charge is 0.346 e. The van der Waals surface area contributed by atoms with Crippen LogP contribution in [0.2, 0.25) is 0 Å². The number of hydrogen-bond acceptors (Lipinski definition) is 5. The molecular weight excluding hydrogens is 421 g/mol. The van der Waals surface area contributed by atoms with E-state index in [0.29, 0.717) is 35.9 Å².